The van der Waals surface area contributed by atoms with Gasteiger partial charge in [0, 0.05) is 12.6 Å². The van der Waals surface area contributed by atoms with Crippen LogP contribution < -0.4 is 9.47 Å². The molecule has 1 amide bonds. The molecule has 168 valence electrons. The molecule has 0 radical (unpaired) electrons. The zero-order chi connectivity index (χ0) is 22.3. The highest BCUT2D eigenvalue weighted by Gasteiger charge is 2.34. The van der Waals surface area contributed by atoms with E-state index in [2.05, 4.69) is 0 Å². The Bertz CT molecular complexity index is 851. The normalized spacial score (nSPS) is 17.6. The fraction of sp³-hybridized carbons (Fsp3) is 0.619. The molecule has 8 nitrogen and oxygen atoms in total. The quantitative estimate of drug-likeness (QED) is 0.514. The molecule has 0 bridgehead atoms. The number of esters is 1. The third-order valence-corrected chi connectivity index (χ3v) is 6.56. The molecular formula is C21H31NO7S. The van der Waals surface area contributed by atoms with Crippen LogP contribution in [0.5, 0.6) is 11.5 Å². The number of carbonyl (C=O) groups excluding carboxylic acids is 2. The lowest BCUT2D eigenvalue weighted by molar-refractivity contribution is -0.136. The Kier molecular flexibility index (Phi) is 8.52. The van der Waals surface area contributed by atoms with Crippen LogP contribution in [0.1, 0.15) is 50.4 Å². The van der Waals surface area contributed by atoms with E-state index in [0.29, 0.717) is 24.5 Å². The fourth-order valence-electron chi connectivity index (χ4n) is 3.30. The molecule has 30 heavy (non-hydrogen) atoms. The van der Waals surface area contributed by atoms with Gasteiger partial charge in [-0.15, -0.1) is 0 Å². The molecule has 1 heterocycles. The van der Waals surface area contributed by atoms with Gasteiger partial charge in [0.15, 0.2) is 27.9 Å². The predicted octanol–water partition coefficient (Wildman–Crippen LogP) is 2.46. The predicted molar refractivity (Wildman–Crippen MR) is 113 cm³/mol. The SMILES string of the molecule is CCCCN(C(=O)COC(=O)c1ccc(OC(C)C)c(OC)c1)C1CCS(=O)(=O)C1. The number of unbranched alkanes of at least 4 members (excludes halogenated alkanes) is 1. The monoisotopic (exact) mass is 441 g/mol. The summed E-state index contributed by atoms with van der Waals surface area (Å²) < 4.78 is 39.7. The Hall–Kier alpha value is -2.29. The third kappa shape index (κ3) is 6.62. The van der Waals surface area contributed by atoms with Crippen molar-refractivity contribution in [2.24, 2.45) is 0 Å². The summed E-state index contributed by atoms with van der Waals surface area (Å²) in [5, 5.41) is 0. The van der Waals surface area contributed by atoms with Crippen molar-refractivity contribution in [2.45, 2.75) is 52.2 Å². The number of hydrogen-bond donors (Lipinski definition) is 0. The van der Waals surface area contributed by atoms with Gasteiger partial charge in [0.1, 0.15) is 0 Å². The number of rotatable bonds is 10. The van der Waals surface area contributed by atoms with Crippen molar-refractivity contribution in [3.05, 3.63) is 23.8 Å². The zero-order valence-corrected chi connectivity index (χ0v) is 18.9. The van der Waals surface area contributed by atoms with Gasteiger partial charge in [0.05, 0.1) is 30.3 Å². The second-order valence-corrected chi connectivity index (χ2v) is 9.83. The van der Waals surface area contributed by atoms with Crippen molar-refractivity contribution >= 4 is 21.7 Å². The van der Waals surface area contributed by atoms with Crippen molar-refractivity contribution in [1.29, 1.82) is 0 Å². The van der Waals surface area contributed by atoms with E-state index >= 15 is 0 Å². The summed E-state index contributed by atoms with van der Waals surface area (Å²) in [6.45, 7) is 5.77. The lowest BCUT2D eigenvalue weighted by Gasteiger charge is -2.28. The molecule has 0 saturated carbocycles. The first kappa shape index (κ1) is 24.0. The first-order valence-electron chi connectivity index (χ1n) is 10.2. The van der Waals surface area contributed by atoms with Gasteiger partial charge in [0.2, 0.25) is 0 Å². The average molecular weight is 442 g/mol. The van der Waals surface area contributed by atoms with Crippen molar-refractivity contribution in [1.82, 2.24) is 4.90 Å². The number of benzene rings is 1. The first-order valence-corrected chi connectivity index (χ1v) is 12.0. The van der Waals surface area contributed by atoms with Gasteiger partial charge in [-0.05, 0) is 44.9 Å². The maximum Gasteiger partial charge on any atom is 0.338 e. The lowest BCUT2D eigenvalue weighted by Crippen LogP contribution is -2.43. The number of hydrogen-bond acceptors (Lipinski definition) is 7. The van der Waals surface area contributed by atoms with E-state index in [1.165, 1.54) is 13.2 Å². The van der Waals surface area contributed by atoms with E-state index in [1.54, 1.807) is 17.0 Å². The van der Waals surface area contributed by atoms with Gasteiger partial charge in [-0.25, -0.2) is 13.2 Å². The summed E-state index contributed by atoms with van der Waals surface area (Å²) in [5.74, 6) is -0.0977. The molecule has 0 aliphatic carbocycles. The van der Waals surface area contributed by atoms with Crippen LogP contribution >= 0.6 is 0 Å². The molecule has 0 aromatic heterocycles. The minimum atomic E-state index is -3.12. The summed E-state index contributed by atoms with van der Waals surface area (Å²) in [6.07, 6.45) is 1.99. The topological polar surface area (TPSA) is 99.2 Å². The van der Waals surface area contributed by atoms with Gasteiger partial charge in [-0.1, -0.05) is 13.3 Å². The van der Waals surface area contributed by atoms with E-state index in [1.807, 2.05) is 20.8 Å². The van der Waals surface area contributed by atoms with Crippen molar-refractivity contribution < 1.29 is 32.2 Å². The molecule has 1 aromatic carbocycles. The van der Waals surface area contributed by atoms with Crippen molar-refractivity contribution in [2.75, 3.05) is 31.8 Å². The van der Waals surface area contributed by atoms with Crippen LogP contribution in [0, 0.1) is 0 Å². The summed E-state index contributed by atoms with van der Waals surface area (Å²) in [4.78, 5) is 26.7. The maximum absolute atomic E-state index is 12.7. The van der Waals surface area contributed by atoms with E-state index in [-0.39, 0.29) is 35.1 Å². The van der Waals surface area contributed by atoms with Gasteiger partial charge in [-0.3, -0.25) is 4.79 Å². The third-order valence-electron chi connectivity index (χ3n) is 4.81. The molecule has 0 N–H and O–H groups in total. The zero-order valence-electron chi connectivity index (χ0n) is 18.0. The number of sulfone groups is 1. The van der Waals surface area contributed by atoms with Gasteiger partial charge >= 0.3 is 5.97 Å². The van der Waals surface area contributed by atoms with Crippen LogP contribution in [0.15, 0.2) is 18.2 Å². The van der Waals surface area contributed by atoms with E-state index < -0.39 is 22.4 Å². The number of ether oxygens (including phenoxy) is 3. The molecule has 0 spiro atoms. The van der Waals surface area contributed by atoms with Crippen LogP contribution in [0.3, 0.4) is 0 Å². The Morgan fingerprint density at radius 3 is 2.53 bits per heavy atom. The standard InChI is InChI=1S/C21H31NO7S/c1-5-6-10-22(17-9-11-30(25,26)14-17)20(23)13-28-21(24)16-7-8-18(29-15(2)3)19(12-16)27-4/h7-8,12,15,17H,5-6,9-11,13-14H2,1-4H3. The molecule has 1 fully saturated rings. The molecule has 1 unspecified atom stereocenters. The number of amides is 1. The van der Waals surface area contributed by atoms with Crippen molar-refractivity contribution in [3.63, 3.8) is 0 Å². The Morgan fingerprint density at radius 2 is 1.97 bits per heavy atom. The van der Waals surface area contributed by atoms with Crippen LogP contribution in [0.2, 0.25) is 0 Å². The summed E-state index contributed by atoms with van der Waals surface area (Å²) in [7, 11) is -1.65. The minimum absolute atomic E-state index is 0.0368. The minimum Gasteiger partial charge on any atom is -0.493 e. The average Bonchev–Trinajstić information content (AvgIpc) is 3.05. The maximum atomic E-state index is 12.7. The van der Waals surface area contributed by atoms with Gasteiger partial charge < -0.3 is 19.1 Å². The van der Waals surface area contributed by atoms with Crippen molar-refractivity contribution in [3.8, 4) is 11.5 Å². The number of nitrogens with zero attached hydrogens (tertiary/aromatic N) is 1. The van der Waals surface area contributed by atoms with E-state index in [9.17, 15) is 18.0 Å². The first-order chi connectivity index (χ1) is 14.2. The summed E-state index contributed by atoms with van der Waals surface area (Å²) >= 11 is 0. The Morgan fingerprint density at radius 1 is 1.23 bits per heavy atom. The second kappa shape index (κ2) is 10.7. The van der Waals surface area contributed by atoms with Gasteiger partial charge in [0.25, 0.3) is 5.91 Å². The highest BCUT2D eigenvalue weighted by molar-refractivity contribution is 7.91. The van der Waals surface area contributed by atoms with Gasteiger partial charge in [-0.2, -0.15) is 0 Å². The summed E-state index contributed by atoms with van der Waals surface area (Å²) in [5.41, 5.74) is 0.235. The number of methoxy groups -OCH3 is 1. The fourth-order valence-corrected chi connectivity index (χ4v) is 5.03. The molecule has 9 heteroatoms. The smallest absolute Gasteiger partial charge is 0.338 e. The van der Waals surface area contributed by atoms with E-state index in [4.69, 9.17) is 14.2 Å². The van der Waals surface area contributed by atoms with Crippen LogP contribution in [-0.2, 0) is 19.4 Å². The largest absolute Gasteiger partial charge is 0.493 e. The molecule has 1 aromatic rings. The Balaban J connectivity index is 2.03. The summed E-state index contributed by atoms with van der Waals surface area (Å²) in [6, 6.07) is 4.31. The highest BCUT2D eigenvalue weighted by atomic mass is 32.2. The van der Waals surface area contributed by atoms with Crippen LogP contribution in [0.4, 0.5) is 0 Å². The Labute approximate surface area is 178 Å². The van der Waals surface area contributed by atoms with E-state index in [0.717, 1.165) is 12.8 Å². The highest BCUT2D eigenvalue weighted by Crippen LogP contribution is 2.29. The lowest BCUT2D eigenvalue weighted by atomic mass is 10.2. The molecule has 1 atom stereocenters. The number of carbonyl (C=O) groups is 2. The van der Waals surface area contributed by atoms with Crippen LogP contribution in [0.25, 0.3) is 0 Å². The molecule has 1 aliphatic heterocycles. The second-order valence-electron chi connectivity index (χ2n) is 7.61. The molecular weight excluding hydrogens is 410 g/mol. The molecule has 1 aliphatic rings. The molecule has 1 saturated heterocycles. The molecule has 2 rings (SSSR count). The van der Waals surface area contributed by atoms with Crippen LogP contribution in [-0.4, -0.2) is 69.1 Å².